The number of amides is 1. The molecule has 184 valence electrons. The Hall–Kier alpha value is -4.28. The van der Waals surface area contributed by atoms with E-state index in [1.54, 1.807) is 31.2 Å². The number of nitriles is 1. The number of hydrogen-bond donors (Lipinski definition) is 1. The average molecular weight is 505 g/mol. The summed E-state index contributed by atoms with van der Waals surface area (Å²) in [5, 5.41) is 12.5. The van der Waals surface area contributed by atoms with Crippen molar-refractivity contribution in [1.29, 1.82) is 5.26 Å². The Labute approximate surface area is 214 Å². The number of nitrogens with zero attached hydrogens (tertiary/aromatic N) is 1. The van der Waals surface area contributed by atoms with Gasteiger partial charge in [-0.1, -0.05) is 35.9 Å². The van der Waals surface area contributed by atoms with Crippen molar-refractivity contribution in [3.05, 3.63) is 93.5 Å². The lowest BCUT2D eigenvalue weighted by molar-refractivity contribution is -0.112. The molecule has 0 spiro atoms. The van der Waals surface area contributed by atoms with E-state index in [-0.39, 0.29) is 17.2 Å². The topological polar surface area (TPSA) is 97.7 Å². The van der Waals surface area contributed by atoms with Gasteiger partial charge in [-0.25, -0.2) is 4.79 Å². The van der Waals surface area contributed by atoms with Gasteiger partial charge in [0.1, 0.15) is 18.2 Å². The first-order valence-electron chi connectivity index (χ1n) is 11.1. The summed E-state index contributed by atoms with van der Waals surface area (Å²) < 4.78 is 16.3. The van der Waals surface area contributed by atoms with Gasteiger partial charge in [-0.15, -0.1) is 0 Å². The van der Waals surface area contributed by atoms with Crippen LogP contribution in [0, 0.1) is 18.3 Å². The number of rotatable bonds is 9. The van der Waals surface area contributed by atoms with E-state index in [0.29, 0.717) is 34.9 Å². The molecule has 0 aromatic heterocycles. The second-order valence-corrected chi connectivity index (χ2v) is 8.08. The van der Waals surface area contributed by atoms with Gasteiger partial charge in [0.05, 0.1) is 24.3 Å². The molecule has 3 aromatic carbocycles. The molecule has 0 heterocycles. The second-order valence-electron chi connectivity index (χ2n) is 7.67. The Morgan fingerprint density at radius 1 is 1.11 bits per heavy atom. The van der Waals surface area contributed by atoms with Gasteiger partial charge in [-0.3, -0.25) is 4.79 Å². The van der Waals surface area contributed by atoms with Gasteiger partial charge in [0.15, 0.2) is 11.5 Å². The molecule has 0 saturated heterocycles. The van der Waals surface area contributed by atoms with E-state index in [4.69, 9.17) is 25.8 Å². The van der Waals surface area contributed by atoms with Gasteiger partial charge in [-0.05, 0) is 73.0 Å². The number of methoxy groups -OCH3 is 1. The highest BCUT2D eigenvalue weighted by molar-refractivity contribution is 6.32. The maximum atomic E-state index is 12.7. The van der Waals surface area contributed by atoms with Crippen molar-refractivity contribution in [2.24, 2.45) is 0 Å². The molecule has 0 unspecified atom stereocenters. The van der Waals surface area contributed by atoms with Crippen LogP contribution < -0.4 is 14.8 Å². The van der Waals surface area contributed by atoms with Gasteiger partial charge < -0.3 is 19.5 Å². The van der Waals surface area contributed by atoms with Gasteiger partial charge in [0, 0.05) is 5.69 Å². The first kappa shape index (κ1) is 26.3. The lowest BCUT2D eigenvalue weighted by Gasteiger charge is -2.14. The van der Waals surface area contributed by atoms with E-state index in [0.717, 1.165) is 11.1 Å². The highest BCUT2D eigenvalue weighted by Gasteiger charge is 2.15. The lowest BCUT2D eigenvalue weighted by Crippen LogP contribution is -2.13. The van der Waals surface area contributed by atoms with Crippen LogP contribution in [-0.2, 0) is 16.1 Å². The fraction of sp³-hybridized carbons (Fsp3) is 0.179. The highest BCUT2D eigenvalue weighted by atomic mass is 35.5. The second kappa shape index (κ2) is 12.4. The standard InChI is InChI=1S/C28H25ClN2O5/c1-4-35-28(33)20-9-11-23(12-10-20)31-27(32)22(16-30)13-19-14-24(29)26(25(15-19)34-3)36-17-21-8-6-5-7-18(21)2/h5-15H,4,17H2,1-3H3,(H,31,32)/b22-13+. The van der Waals surface area contributed by atoms with Gasteiger partial charge in [0.25, 0.3) is 5.91 Å². The van der Waals surface area contributed by atoms with Crippen LogP contribution in [-0.4, -0.2) is 25.6 Å². The number of halogens is 1. The third-order valence-electron chi connectivity index (χ3n) is 5.22. The number of anilines is 1. The van der Waals surface area contributed by atoms with Crippen LogP contribution in [0.25, 0.3) is 6.08 Å². The van der Waals surface area contributed by atoms with E-state index in [1.165, 1.54) is 25.3 Å². The summed E-state index contributed by atoms with van der Waals surface area (Å²) in [5.74, 6) is -0.333. The predicted octanol–water partition coefficient (Wildman–Crippen LogP) is 5.96. The molecule has 7 nitrogen and oxygen atoms in total. The molecule has 0 fully saturated rings. The third-order valence-corrected chi connectivity index (χ3v) is 5.50. The first-order valence-corrected chi connectivity index (χ1v) is 11.5. The number of esters is 1. The molecule has 1 amide bonds. The zero-order valence-corrected chi connectivity index (χ0v) is 20.9. The molecule has 3 aromatic rings. The molecule has 0 atom stereocenters. The number of benzene rings is 3. The van der Waals surface area contributed by atoms with Crippen LogP contribution >= 0.6 is 11.6 Å². The minimum absolute atomic E-state index is 0.142. The fourth-order valence-corrected chi connectivity index (χ4v) is 3.58. The normalized spacial score (nSPS) is 10.8. The zero-order valence-electron chi connectivity index (χ0n) is 20.1. The quantitative estimate of drug-likeness (QED) is 0.219. The van der Waals surface area contributed by atoms with Crippen molar-refractivity contribution < 1.29 is 23.8 Å². The molecule has 0 radical (unpaired) electrons. The molecule has 0 bridgehead atoms. The smallest absolute Gasteiger partial charge is 0.338 e. The van der Waals surface area contributed by atoms with E-state index in [2.05, 4.69) is 5.32 Å². The average Bonchev–Trinajstić information content (AvgIpc) is 2.87. The van der Waals surface area contributed by atoms with Crippen LogP contribution in [0.15, 0.2) is 66.2 Å². The van der Waals surface area contributed by atoms with Crippen molar-refractivity contribution >= 4 is 35.2 Å². The van der Waals surface area contributed by atoms with Crippen LogP contribution in [0.3, 0.4) is 0 Å². The summed E-state index contributed by atoms with van der Waals surface area (Å²) in [4.78, 5) is 24.5. The molecule has 0 aliphatic carbocycles. The Bertz CT molecular complexity index is 1330. The van der Waals surface area contributed by atoms with Crippen LogP contribution in [0.2, 0.25) is 5.02 Å². The van der Waals surface area contributed by atoms with Crippen molar-refractivity contribution in [3.63, 3.8) is 0 Å². The number of carbonyl (C=O) groups excluding carboxylic acids is 2. The molecule has 0 aliphatic rings. The molecule has 8 heteroatoms. The summed E-state index contributed by atoms with van der Waals surface area (Å²) in [5.41, 5.74) is 3.23. The van der Waals surface area contributed by atoms with Crippen LogP contribution in [0.1, 0.15) is 34.0 Å². The lowest BCUT2D eigenvalue weighted by atomic mass is 10.1. The largest absolute Gasteiger partial charge is 0.493 e. The van der Waals surface area contributed by atoms with Crippen LogP contribution in [0.4, 0.5) is 5.69 Å². The molecule has 1 N–H and O–H groups in total. The highest BCUT2D eigenvalue weighted by Crippen LogP contribution is 2.37. The fourth-order valence-electron chi connectivity index (χ4n) is 3.30. The first-order chi connectivity index (χ1) is 17.4. The zero-order chi connectivity index (χ0) is 26.1. The Kier molecular flexibility index (Phi) is 9.09. The van der Waals surface area contributed by atoms with Crippen molar-refractivity contribution in [3.8, 4) is 17.6 Å². The van der Waals surface area contributed by atoms with E-state index in [1.807, 2.05) is 37.3 Å². The Morgan fingerprint density at radius 3 is 2.47 bits per heavy atom. The minimum Gasteiger partial charge on any atom is -0.493 e. The maximum absolute atomic E-state index is 12.7. The monoisotopic (exact) mass is 504 g/mol. The minimum atomic E-state index is -0.614. The number of carbonyl (C=O) groups is 2. The number of ether oxygens (including phenoxy) is 3. The number of aryl methyl sites for hydroxylation is 1. The summed E-state index contributed by atoms with van der Waals surface area (Å²) >= 11 is 6.46. The summed E-state index contributed by atoms with van der Waals surface area (Å²) in [6.07, 6.45) is 1.40. The number of hydrogen-bond acceptors (Lipinski definition) is 6. The third kappa shape index (κ3) is 6.65. The van der Waals surface area contributed by atoms with Crippen molar-refractivity contribution in [2.75, 3.05) is 19.0 Å². The molecule has 0 aliphatic heterocycles. The molecular formula is C28H25ClN2O5. The maximum Gasteiger partial charge on any atom is 0.338 e. The molecule has 0 saturated carbocycles. The van der Waals surface area contributed by atoms with E-state index < -0.39 is 11.9 Å². The van der Waals surface area contributed by atoms with E-state index >= 15 is 0 Å². The Morgan fingerprint density at radius 2 is 1.83 bits per heavy atom. The van der Waals surface area contributed by atoms with Crippen molar-refractivity contribution in [1.82, 2.24) is 0 Å². The van der Waals surface area contributed by atoms with Gasteiger partial charge >= 0.3 is 5.97 Å². The van der Waals surface area contributed by atoms with Gasteiger partial charge in [-0.2, -0.15) is 5.26 Å². The molecule has 3 rings (SSSR count). The SMILES string of the molecule is CCOC(=O)c1ccc(NC(=O)/C(C#N)=C/c2cc(Cl)c(OCc3ccccc3C)c(OC)c2)cc1. The predicted molar refractivity (Wildman–Crippen MR) is 138 cm³/mol. The Balaban J connectivity index is 1.77. The van der Waals surface area contributed by atoms with Crippen molar-refractivity contribution in [2.45, 2.75) is 20.5 Å². The summed E-state index contributed by atoms with van der Waals surface area (Å²) in [6, 6.07) is 19.2. The van der Waals surface area contributed by atoms with E-state index in [9.17, 15) is 14.9 Å². The summed E-state index contributed by atoms with van der Waals surface area (Å²) in [7, 11) is 1.48. The molecule has 36 heavy (non-hydrogen) atoms. The van der Waals surface area contributed by atoms with Gasteiger partial charge in [0.2, 0.25) is 0 Å². The number of nitrogens with one attached hydrogen (secondary N) is 1. The molecular weight excluding hydrogens is 480 g/mol. The summed E-state index contributed by atoms with van der Waals surface area (Å²) in [6.45, 7) is 4.28. The van der Waals surface area contributed by atoms with Crippen LogP contribution in [0.5, 0.6) is 11.5 Å².